The Balaban J connectivity index is 3.22. The van der Waals surface area contributed by atoms with E-state index < -0.39 is 41.7 Å². The van der Waals surface area contributed by atoms with Gasteiger partial charge in [0.2, 0.25) is 20.0 Å². The van der Waals surface area contributed by atoms with E-state index in [-0.39, 0.29) is 5.41 Å². The first kappa shape index (κ1) is 18.0. The van der Waals surface area contributed by atoms with Crippen LogP contribution in [0.2, 0.25) is 0 Å². The number of halogens is 1. The van der Waals surface area contributed by atoms with Gasteiger partial charge < -0.3 is 0 Å². The fourth-order valence-corrected chi connectivity index (χ4v) is 3.38. The van der Waals surface area contributed by atoms with Crippen LogP contribution in [0.25, 0.3) is 0 Å². The number of nitrogens with one attached hydrogen (secondary N) is 1. The number of rotatable bonds is 4. The van der Waals surface area contributed by atoms with Crippen molar-refractivity contribution in [3.05, 3.63) is 24.0 Å². The van der Waals surface area contributed by atoms with Crippen LogP contribution < -0.4 is 9.86 Å². The molecule has 0 bridgehead atoms. The fourth-order valence-electron chi connectivity index (χ4n) is 1.35. The van der Waals surface area contributed by atoms with Crippen LogP contribution in [-0.2, 0) is 20.0 Å². The summed E-state index contributed by atoms with van der Waals surface area (Å²) in [6.07, 6.45) is 0. The van der Waals surface area contributed by atoms with Crippen molar-refractivity contribution in [1.82, 2.24) is 4.72 Å². The second kappa shape index (κ2) is 5.64. The standard InChI is InChI=1S/C12H19FN2O4S2/c1-8(12(2,3)4)15-21(18,19)11-6-5-9(7-10(11)13)20(14,16)17/h5-8,15H,1-4H3,(H2,14,16,17). The van der Waals surface area contributed by atoms with Gasteiger partial charge in [0.1, 0.15) is 10.7 Å². The lowest BCUT2D eigenvalue weighted by atomic mass is 9.89. The Bertz CT molecular complexity index is 737. The zero-order valence-electron chi connectivity index (χ0n) is 12.2. The average Bonchev–Trinajstić information content (AvgIpc) is 2.25. The molecule has 0 aliphatic heterocycles. The van der Waals surface area contributed by atoms with Crippen molar-refractivity contribution in [1.29, 1.82) is 0 Å². The number of nitrogens with two attached hydrogens (primary N) is 1. The molecule has 0 saturated heterocycles. The number of primary sulfonamides is 1. The highest BCUT2D eigenvalue weighted by atomic mass is 32.2. The molecule has 0 aliphatic rings. The molecule has 1 atom stereocenters. The number of benzene rings is 1. The van der Waals surface area contributed by atoms with Crippen LogP contribution in [0.1, 0.15) is 27.7 Å². The van der Waals surface area contributed by atoms with Gasteiger partial charge in [-0.15, -0.1) is 0 Å². The van der Waals surface area contributed by atoms with Crippen molar-refractivity contribution < 1.29 is 21.2 Å². The molecule has 1 unspecified atom stereocenters. The second-order valence-corrected chi connectivity index (χ2v) is 9.09. The maximum absolute atomic E-state index is 13.9. The number of hydrogen-bond acceptors (Lipinski definition) is 4. The van der Waals surface area contributed by atoms with Crippen molar-refractivity contribution in [3.63, 3.8) is 0 Å². The van der Waals surface area contributed by atoms with Gasteiger partial charge in [-0.2, -0.15) is 0 Å². The van der Waals surface area contributed by atoms with Gasteiger partial charge in [-0.05, 0) is 30.5 Å². The predicted octanol–water partition coefficient (Wildman–Crippen LogP) is 1.19. The summed E-state index contributed by atoms with van der Waals surface area (Å²) < 4.78 is 62.7. The highest BCUT2D eigenvalue weighted by Crippen LogP contribution is 2.23. The minimum Gasteiger partial charge on any atom is -0.225 e. The van der Waals surface area contributed by atoms with Gasteiger partial charge in [0.25, 0.3) is 0 Å². The van der Waals surface area contributed by atoms with Gasteiger partial charge in [0.15, 0.2) is 0 Å². The number of sulfonamides is 2. The highest BCUT2D eigenvalue weighted by Gasteiger charge is 2.28. The molecule has 0 saturated carbocycles. The average molecular weight is 338 g/mol. The zero-order valence-corrected chi connectivity index (χ0v) is 13.8. The Hall–Kier alpha value is -1.03. The Morgan fingerprint density at radius 1 is 1.19 bits per heavy atom. The molecular formula is C12H19FN2O4S2. The summed E-state index contributed by atoms with van der Waals surface area (Å²) in [4.78, 5) is -1.10. The summed E-state index contributed by atoms with van der Waals surface area (Å²) in [7, 11) is -8.19. The van der Waals surface area contributed by atoms with E-state index in [0.717, 1.165) is 12.1 Å². The molecule has 0 aromatic heterocycles. The summed E-state index contributed by atoms with van der Waals surface area (Å²) in [5, 5.41) is 4.86. The van der Waals surface area contributed by atoms with E-state index in [0.29, 0.717) is 6.07 Å². The van der Waals surface area contributed by atoms with Crippen LogP contribution in [0, 0.1) is 11.2 Å². The molecule has 21 heavy (non-hydrogen) atoms. The van der Waals surface area contributed by atoms with E-state index >= 15 is 0 Å². The van der Waals surface area contributed by atoms with E-state index in [1.165, 1.54) is 0 Å². The summed E-state index contributed by atoms with van der Waals surface area (Å²) in [6.45, 7) is 7.16. The molecule has 9 heteroatoms. The maximum Gasteiger partial charge on any atom is 0.243 e. The lowest BCUT2D eigenvalue weighted by molar-refractivity contribution is 0.317. The van der Waals surface area contributed by atoms with Crippen molar-refractivity contribution in [2.24, 2.45) is 10.6 Å². The smallest absolute Gasteiger partial charge is 0.225 e. The van der Waals surface area contributed by atoms with Crippen LogP contribution >= 0.6 is 0 Å². The Kier molecular flexibility index (Phi) is 4.84. The first-order valence-corrected chi connectivity index (χ1v) is 9.13. The van der Waals surface area contributed by atoms with Gasteiger partial charge in [-0.3, -0.25) is 0 Å². The first-order valence-electron chi connectivity index (χ1n) is 6.10. The van der Waals surface area contributed by atoms with E-state index in [1.54, 1.807) is 6.92 Å². The Morgan fingerprint density at radius 3 is 2.10 bits per heavy atom. The quantitative estimate of drug-likeness (QED) is 0.860. The third-order valence-corrected chi connectivity index (χ3v) is 5.64. The summed E-state index contributed by atoms with van der Waals surface area (Å²) in [6, 6.07) is 1.98. The van der Waals surface area contributed by atoms with Crippen LogP contribution in [0.3, 0.4) is 0 Å². The molecule has 0 fully saturated rings. The fraction of sp³-hybridized carbons (Fsp3) is 0.500. The van der Waals surface area contributed by atoms with Gasteiger partial charge in [-0.1, -0.05) is 20.8 Å². The monoisotopic (exact) mass is 338 g/mol. The third kappa shape index (κ3) is 4.47. The molecule has 0 amide bonds. The van der Waals surface area contributed by atoms with Crippen LogP contribution in [-0.4, -0.2) is 22.9 Å². The molecule has 6 nitrogen and oxygen atoms in total. The van der Waals surface area contributed by atoms with E-state index in [9.17, 15) is 21.2 Å². The normalized spacial score (nSPS) is 15.0. The maximum atomic E-state index is 13.9. The molecule has 0 aliphatic carbocycles. The van der Waals surface area contributed by atoms with Crippen molar-refractivity contribution in [3.8, 4) is 0 Å². The van der Waals surface area contributed by atoms with E-state index in [2.05, 4.69) is 4.72 Å². The SMILES string of the molecule is CC(NS(=O)(=O)c1ccc(S(N)(=O)=O)cc1F)C(C)(C)C. The predicted molar refractivity (Wildman–Crippen MR) is 77.0 cm³/mol. The minimum absolute atomic E-state index is 0.357. The molecular weight excluding hydrogens is 319 g/mol. The van der Waals surface area contributed by atoms with E-state index in [4.69, 9.17) is 5.14 Å². The van der Waals surface area contributed by atoms with Crippen LogP contribution in [0.5, 0.6) is 0 Å². The summed E-state index contributed by atoms with van der Waals surface area (Å²) >= 11 is 0. The zero-order chi connectivity index (χ0) is 16.6. The lowest BCUT2D eigenvalue weighted by Crippen LogP contribution is -2.41. The lowest BCUT2D eigenvalue weighted by Gasteiger charge is -2.27. The summed E-state index contributed by atoms with van der Waals surface area (Å²) in [5.74, 6) is -1.17. The Morgan fingerprint density at radius 2 is 1.71 bits per heavy atom. The Labute approximate surface area is 124 Å². The van der Waals surface area contributed by atoms with Gasteiger partial charge in [-0.25, -0.2) is 31.1 Å². The molecule has 0 heterocycles. The minimum atomic E-state index is -4.10. The molecule has 0 spiro atoms. The van der Waals surface area contributed by atoms with Gasteiger partial charge >= 0.3 is 0 Å². The van der Waals surface area contributed by atoms with Crippen LogP contribution in [0.15, 0.2) is 28.0 Å². The number of hydrogen-bond donors (Lipinski definition) is 2. The molecule has 1 aromatic carbocycles. The van der Waals surface area contributed by atoms with Gasteiger partial charge in [0.05, 0.1) is 4.90 Å². The van der Waals surface area contributed by atoms with Crippen molar-refractivity contribution in [2.45, 2.75) is 43.5 Å². The van der Waals surface area contributed by atoms with Crippen LogP contribution in [0.4, 0.5) is 4.39 Å². The molecule has 1 aromatic rings. The third-order valence-electron chi connectivity index (χ3n) is 3.15. The highest BCUT2D eigenvalue weighted by molar-refractivity contribution is 7.89. The molecule has 1 rings (SSSR count). The largest absolute Gasteiger partial charge is 0.243 e. The molecule has 120 valence electrons. The molecule has 3 N–H and O–H groups in total. The van der Waals surface area contributed by atoms with E-state index in [1.807, 2.05) is 20.8 Å². The second-order valence-electron chi connectivity index (χ2n) is 5.85. The summed E-state index contributed by atoms with van der Waals surface area (Å²) in [5.41, 5.74) is -0.357. The molecule has 0 radical (unpaired) electrons. The first-order chi connectivity index (χ1) is 9.25. The topological polar surface area (TPSA) is 106 Å². The van der Waals surface area contributed by atoms with Crippen molar-refractivity contribution >= 4 is 20.0 Å². The van der Waals surface area contributed by atoms with Gasteiger partial charge in [0, 0.05) is 6.04 Å². The van der Waals surface area contributed by atoms with Crippen molar-refractivity contribution in [2.75, 3.05) is 0 Å².